The van der Waals surface area contributed by atoms with Gasteiger partial charge in [0, 0.05) is 0 Å². The summed E-state index contributed by atoms with van der Waals surface area (Å²) in [4.78, 5) is 4.49. The van der Waals surface area contributed by atoms with Gasteiger partial charge >= 0.3 is 0 Å². The zero-order valence-electron chi connectivity index (χ0n) is 7.27. The van der Waals surface area contributed by atoms with E-state index in [2.05, 4.69) is 9.99 Å². The van der Waals surface area contributed by atoms with Crippen molar-refractivity contribution < 1.29 is 4.84 Å². The van der Waals surface area contributed by atoms with Crippen molar-refractivity contribution in [2.45, 2.75) is 0 Å². The molecule has 1 aromatic carbocycles. The van der Waals surface area contributed by atoms with E-state index < -0.39 is 0 Å². The van der Waals surface area contributed by atoms with Gasteiger partial charge < -0.3 is 4.84 Å². The van der Waals surface area contributed by atoms with Crippen molar-refractivity contribution >= 4 is 23.9 Å². The molecule has 1 rings (SSSR count). The fraction of sp³-hybridized carbons (Fsp3) is 0.100. The topological polar surface area (TPSA) is 21.6 Å². The minimum absolute atomic E-state index is 0.535. The highest BCUT2D eigenvalue weighted by molar-refractivity contribution is 6.41. The number of hydrogen-bond donors (Lipinski definition) is 0. The van der Waals surface area contributed by atoms with Crippen molar-refractivity contribution in [1.29, 1.82) is 0 Å². The zero-order valence-corrected chi connectivity index (χ0v) is 8.03. The summed E-state index contributed by atoms with van der Waals surface area (Å²) in [5, 5.41) is 4.08. The Morgan fingerprint density at radius 2 is 2.08 bits per heavy atom. The maximum Gasteiger partial charge on any atom is 0.106 e. The van der Waals surface area contributed by atoms with Crippen LogP contribution in [0, 0.1) is 0 Å². The molecule has 0 saturated heterocycles. The Kier molecular flexibility index (Phi) is 4.06. The van der Waals surface area contributed by atoms with Gasteiger partial charge in [-0.05, 0) is 11.6 Å². The zero-order chi connectivity index (χ0) is 9.52. The number of halogens is 1. The van der Waals surface area contributed by atoms with E-state index in [1.54, 1.807) is 0 Å². The third-order valence-electron chi connectivity index (χ3n) is 1.39. The van der Waals surface area contributed by atoms with E-state index in [4.69, 9.17) is 11.6 Å². The summed E-state index contributed by atoms with van der Waals surface area (Å²) >= 11 is 5.83. The smallest absolute Gasteiger partial charge is 0.106 e. The second-order valence-electron chi connectivity index (χ2n) is 2.36. The van der Waals surface area contributed by atoms with Crippen molar-refractivity contribution in [2.24, 2.45) is 5.16 Å². The molecule has 2 nitrogen and oxygen atoms in total. The van der Waals surface area contributed by atoms with Crippen molar-refractivity contribution in [2.75, 3.05) is 7.11 Å². The second-order valence-corrected chi connectivity index (χ2v) is 2.79. The second kappa shape index (κ2) is 5.38. The normalized spacial score (nSPS) is 12.0. The summed E-state index contributed by atoms with van der Waals surface area (Å²) < 4.78 is 0. The van der Waals surface area contributed by atoms with Gasteiger partial charge in [0.15, 0.2) is 0 Å². The number of hydrogen-bond acceptors (Lipinski definition) is 2. The number of nitrogens with zero attached hydrogens (tertiary/aromatic N) is 1. The number of allylic oxidation sites excluding steroid dienone is 1. The third kappa shape index (κ3) is 3.76. The van der Waals surface area contributed by atoms with Crippen LogP contribution in [0.5, 0.6) is 0 Å². The Hall–Kier alpha value is -1.28. The fourth-order valence-electron chi connectivity index (χ4n) is 0.849. The minimum atomic E-state index is 0.535. The average molecular weight is 196 g/mol. The third-order valence-corrected chi connectivity index (χ3v) is 1.59. The molecule has 0 saturated carbocycles. The summed E-state index contributed by atoms with van der Waals surface area (Å²) in [6.45, 7) is 0. The minimum Gasteiger partial charge on any atom is -0.399 e. The molecule has 68 valence electrons. The van der Waals surface area contributed by atoms with E-state index in [0.717, 1.165) is 5.56 Å². The Morgan fingerprint density at radius 1 is 1.38 bits per heavy atom. The molecule has 0 radical (unpaired) electrons. The summed E-state index contributed by atoms with van der Waals surface area (Å²) in [5.41, 5.74) is 1.04. The largest absolute Gasteiger partial charge is 0.399 e. The van der Waals surface area contributed by atoms with Crippen LogP contribution in [0.15, 0.2) is 40.5 Å². The van der Waals surface area contributed by atoms with Crippen molar-refractivity contribution in [3.8, 4) is 0 Å². The van der Waals surface area contributed by atoms with Crippen molar-refractivity contribution in [1.82, 2.24) is 0 Å². The standard InChI is InChI=1S/C10H10ClNO/c1-13-12-8-10(11)7-9-5-3-2-4-6-9/h2-8H,1H3/b10-7-,12-8+. The lowest BCUT2D eigenvalue weighted by Gasteiger charge is -1.91. The highest BCUT2D eigenvalue weighted by Crippen LogP contribution is 2.07. The Balaban J connectivity index is 2.71. The molecule has 0 heterocycles. The lowest BCUT2D eigenvalue weighted by atomic mass is 10.2. The fourth-order valence-corrected chi connectivity index (χ4v) is 1.01. The predicted octanol–water partition coefficient (Wildman–Crippen LogP) is 2.90. The van der Waals surface area contributed by atoms with Crippen LogP contribution in [0.2, 0.25) is 0 Å². The predicted molar refractivity (Wildman–Crippen MR) is 55.8 cm³/mol. The molecule has 0 atom stereocenters. The van der Waals surface area contributed by atoms with Crippen LogP contribution in [0.4, 0.5) is 0 Å². The molecule has 1 aromatic rings. The van der Waals surface area contributed by atoms with E-state index in [1.807, 2.05) is 36.4 Å². The first-order valence-electron chi connectivity index (χ1n) is 3.81. The average Bonchev–Trinajstić information content (AvgIpc) is 2.16. The number of benzene rings is 1. The lowest BCUT2D eigenvalue weighted by Crippen LogP contribution is -1.77. The first-order chi connectivity index (χ1) is 6.33. The van der Waals surface area contributed by atoms with E-state index in [9.17, 15) is 0 Å². The van der Waals surface area contributed by atoms with Gasteiger partial charge in [-0.2, -0.15) is 0 Å². The molecule has 0 aliphatic rings. The van der Waals surface area contributed by atoms with E-state index >= 15 is 0 Å². The van der Waals surface area contributed by atoms with E-state index in [-0.39, 0.29) is 0 Å². The Morgan fingerprint density at radius 3 is 2.69 bits per heavy atom. The van der Waals surface area contributed by atoms with E-state index in [0.29, 0.717) is 5.03 Å². The Bertz CT molecular complexity index is 306. The van der Waals surface area contributed by atoms with Gasteiger partial charge in [0.1, 0.15) is 7.11 Å². The van der Waals surface area contributed by atoms with Gasteiger partial charge in [-0.15, -0.1) is 0 Å². The number of oxime groups is 1. The van der Waals surface area contributed by atoms with Crippen LogP contribution in [-0.4, -0.2) is 13.3 Å². The van der Waals surface area contributed by atoms with Crippen molar-refractivity contribution in [3.05, 3.63) is 40.9 Å². The highest BCUT2D eigenvalue weighted by Gasteiger charge is 1.88. The van der Waals surface area contributed by atoms with Gasteiger partial charge in [0.05, 0.1) is 11.2 Å². The van der Waals surface area contributed by atoms with Gasteiger partial charge in [-0.3, -0.25) is 0 Å². The molecule has 0 N–H and O–H groups in total. The lowest BCUT2D eigenvalue weighted by molar-refractivity contribution is 0.215. The SMILES string of the molecule is CO/N=C/C(Cl)=C/c1ccccc1. The quantitative estimate of drug-likeness (QED) is 0.537. The molecule has 0 aliphatic heterocycles. The molecule has 0 spiro atoms. The molecule has 0 unspecified atom stereocenters. The van der Waals surface area contributed by atoms with Crippen LogP contribution in [0.1, 0.15) is 5.56 Å². The summed E-state index contributed by atoms with van der Waals surface area (Å²) in [5.74, 6) is 0. The first kappa shape index (κ1) is 9.81. The molecule has 0 aromatic heterocycles. The molecular formula is C10H10ClNO. The van der Waals surface area contributed by atoms with Gasteiger partial charge in [0.2, 0.25) is 0 Å². The maximum atomic E-state index is 5.83. The van der Waals surface area contributed by atoms with Crippen LogP contribution in [0.3, 0.4) is 0 Å². The summed E-state index contributed by atoms with van der Waals surface area (Å²) in [6.07, 6.45) is 3.26. The van der Waals surface area contributed by atoms with Gasteiger partial charge in [-0.25, -0.2) is 0 Å². The summed E-state index contributed by atoms with van der Waals surface area (Å²) in [6, 6.07) is 9.77. The molecule has 3 heteroatoms. The van der Waals surface area contributed by atoms with Crippen LogP contribution >= 0.6 is 11.6 Å². The molecule has 0 bridgehead atoms. The maximum absolute atomic E-state index is 5.83. The Labute approximate surface area is 82.5 Å². The van der Waals surface area contributed by atoms with Crippen LogP contribution in [-0.2, 0) is 4.84 Å². The molecular weight excluding hydrogens is 186 g/mol. The summed E-state index contributed by atoms with van der Waals surface area (Å²) in [7, 11) is 1.48. The molecule has 13 heavy (non-hydrogen) atoms. The number of rotatable bonds is 3. The first-order valence-corrected chi connectivity index (χ1v) is 4.19. The highest BCUT2D eigenvalue weighted by atomic mass is 35.5. The molecule has 0 fully saturated rings. The monoisotopic (exact) mass is 195 g/mol. The van der Waals surface area contributed by atoms with Gasteiger partial charge in [-0.1, -0.05) is 47.1 Å². The molecule has 0 amide bonds. The molecule has 0 aliphatic carbocycles. The van der Waals surface area contributed by atoms with Crippen LogP contribution in [0.25, 0.3) is 6.08 Å². The van der Waals surface area contributed by atoms with Crippen LogP contribution < -0.4 is 0 Å². The van der Waals surface area contributed by atoms with E-state index in [1.165, 1.54) is 13.3 Å². The van der Waals surface area contributed by atoms with Gasteiger partial charge in [0.25, 0.3) is 0 Å². The van der Waals surface area contributed by atoms with Crippen molar-refractivity contribution in [3.63, 3.8) is 0 Å².